The molecule has 7 nitrogen and oxygen atoms in total. The fourth-order valence-corrected chi connectivity index (χ4v) is 3.78. The number of hydrogen-bond donors (Lipinski definition) is 3. The lowest BCUT2D eigenvalue weighted by atomic mass is 9.73. The molecule has 2 atom stereocenters. The maximum Gasteiger partial charge on any atom is 0.260 e. The van der Waals surface area contributed by atoms with Crippen molar-refractivity contribution in [2.45, 2.75) is 18.9 Å². The van der Waals surface area contributed by atoms with E-state index in [1.54, 1.807) is 23.1 Å². The van der Waals surface area contributed by atoms with Gasteiger partial charge in [0.2, 0.25) is 0 Å². The number of benzene rings is 2. The number of aliphatic hydroxyl groups excluding tert-OH is 2. The fraction of sp³-hybridized carbons (Fsp3) is 0.364. The van der Waals surface area contributed by atoms with Crippen LogP contribution in [0.25, 0.3) is 0 Å². The molecular weight excluding hydrogens is 372 g/mol. The smallest absolute Gasteiger partial charge is 0.260 e. The molecule has 2 amide bonds. The van der Waals surface area contributed by atoms with Gasteiger partial charge >= 0.3 is 0 Å². The molecule has 0 spiro atoms. The molecule has 0 saturated carbocycles. The normalized spacial score (nSPS) is 21.6. The highest BCUT2D eigenvalue weighted by Gasteiger charge is 2.43. The Morgan fingerprint density at radius 1 is 1.14 bits per heavy atom. The van der Waals surface area contributed by atoms with E-state index in [9.17, 15) is 19.8 Å². The number of nitrogens with zero attached hydrogens (tertiary/aromatic N) is 1. The Morgan fingerprint density at radius 2 is 1.83 bits per heavy atom. The van der Waals surface area contributed by atoms with Crippen molar-refractivity contribution in [3.05, 3.63) is 65.7 Å². The average Bonchev–Trinajstić information content (AvgIpc) is 2.74. The third kappa shape index (κ3) is 4.75. The first-order valence-corrected chi connectivity index (χ1v) is 9.57. The standard InChI is InChI=1S/C22H26N2O5/c23-21(28)17-8-4-5-9-18(17)29-13-20(27)24-11-10-19(26)22(14-24,15-25)12-16-6-2-1-3-7-16/h1-9,19,25-26H,10-15H2,(H2,23,28)/t19-,22+/m1/s1. The largest absolute Gasteiger partial charge is 0.483 e. The van der Waals surface area contributed by atoms with Crippen molar-refractivity contribution >= 4 is 11.8 Å². The zero-order chi connectivity index (χ0) is 20.9. The SMILES string of the molecule is NC(=O)c1ccccc1OCC(=O)N1CC[C@@H](O)[C@@](CO)(Cc2ccccc2)C1. The average molecular weight is 398 g/mol. The summed E-state index contributed by atoms with van der Waals surface area (Å²) in [4.78, 5) is 25.8. The number of amides is 2. The summed E-state index contributed by atoms with van der Waals surface area (Å²) in [5.74, 6) is -0.651. The Hall–Kier alpha value is -2.90. The minimum Gasteiger partial charge on any atom is -0.483 e. The molecule has 4 N–H and O–H groups in total. The van der Waals surface area contributed by atoms with Crippen molar-refractivity contribution in [1.29, 1.82) is 0 Å². The van der Waals surface area contributed by atoms with E-state index < -0.39 is 17.4 Å². The number of piperidine rings is 1. The van der Waals surface area contributed by atoms with Gasteiger partial charge < -0.3 is 25.6 Å². The zero-order valence-corrected chi connectivity index (χ0v) is 16.2. The highest BCUT2D eigenvalue weighted by Crippen LogP contribution is 2.34. The summed E-state index contributed by atoms with van der Waals surface area (Å²) in [6.45, 7) is 0.0992. The summed E-state index contributed by atoms with van der Waals surface area (Å²) < 4.78 is 5.54. The third-order valence-corrected chi connectivity index (χ3v) is 5.46. The number of rotatable bonds is 7. The number of hydrogen-bond acceptors (Lipinski definition) is 5. The van der Waals surface area contributed by atoms with Crippen molar-refractivity contribution in [3.8, 4) is 5.75 Å². The molecule has 0 aromatic heterocycles. The summed E-state index contributed by atoms with van der Waals surface area (Å²) in [6.07, 6.45) is 0.116. The monoisotopic (exact) mass is 398 g/mol. The maximum atomic E-state index is 12.7. The minimum absolute atomic E-state index is 0.211. The van der Waals surface area contributed by atoms with Gasteiger partial charge in [-0.25, -0.2) is 0 Å². The fourth-order valence-electron chi connectivity index (χ4n) is 3.78. The Kier molecular flexibility index (Phi) is 6.51. The van der Waals surface area contributed by atoms with Crippen LogP contribution < -0.4 is 10.5 Å². The highest BCUT2D eigenvalue weighted by atomic mass is 16.5. The minimum atomic E-state index is -0.833. The lowest BCUT2D eigenvalue weighted by Crippen LogP contribution is -2.57. The molecule has 0 bridgehead atoms. The Bertz CT molecular complexity index is 857. The summed E-state index contributed by atoms with van der Waals surface area (Å²) in [6, 6.07) is 16.1. The van der Waals surface area contributed by atoms with Gasteiger partial charge in [0.15, 0.2) is 6.61 Å². The molecule has 3 rings (SSSR count). The van der Waals surface area contributed by atoms with Gasteiger partial charge in [-0.05, 0) is 30.5 Å². The van der Waals surface area contributed by atoms with Crippen LogP contribution in [-0.2, 0) is 11.2 Å². The first-order valence-electron chi connectivity index (χ1n) is 9.57. The first kappa shape index (κ1) is 20.8. The molecule has 2 aromatic carbocycles. The van der Waals surface area contributed by atoms with E-state index in [0.717, 1.165) is 5.56 Å². The lowest BCUT2D eigenvalue weighted by Gasteiger charge is -2.45. The van der Waals surface area contributed by atoms with Crippen molar-refractivity contribution < 1.29 is 24.5 Å². The van der Waals surface area contributed by atoms with Gasteiger partial charge in [0.1, 0.15) is 5.75 Å². The summed E-state index contributed by atoms with van der Waals surface area (Å²) >= 11 is 0. The second kappa shape index (κ2) is 9.07. The van der Waals surface area contributed by atoms with E-state index in [1.807, 2.05) is 30.3 Å². The van der Waals surface area contributed by atoms with Crippen molar-refractivity contribution in [2.24, 2.45) is 11.1 Å². The predicted molar refractivity (Wildman–Crippen MR) is 107 cm³/mol. The van der Waals surface area contributed by atoms with Gasteiger partial charge in [0.05, 0.1) is 18.3 Å². The van der Waals surface area contributed by atoms with Gasteiger partial charge in [-0.2, -0.15) is 0 Å². The van der Waals surface area contributed by atoms with Crippen LogP contribution in [0.15, 0.2) is 54.6 Å². The zero-order valence-electron chi connectivity index (χ0n) is 16.2. The number of carbonyl (C=O) groups excluding carboxylic acids is 2. The molecule has 1 saturated heterocycles. The van der Waals surface area contributed by atoms with Gasteiger partial charge in [-0.1, -0.05) is 42.5 Å². The Labute approximate surface area is 169 Å². The van der Waals surface area contributed by atoms with Gasteiger partial charge in [-0.3, -0.25) is 9.59 Å². The predicted octanol–water partition coefficient (Wildman–Crippen LogP) is 0.979. The topological polar surface area (TPSA) is 113 Å². The molecule has 1 fully saturated rings. The second-order valence-corrected chi connectivity index (χ2v) is 7.45. The van der Waals surface area contributed by atoms with E-state index in [0.29, 0.717) is 19.4 Å². The van der Waals surface area contributed by atoms with E-state index in [4.69, 9.17) is 10.5 Å². The molecule has 1 heterocycles. The number of ether oxygens (including phenoxy) is 1. The number of para-hydroxylation sites is 1. The molecule has 29 heavy (non-hydrogen) atoms. The van der Waals surface area contributed by atoms with Crippen LogP contribution in [0, 0.1) is 5.41 Å². The molecule has 1 aliphatic rings. The van der Waals surface area contributed by atoms with Gasteiger partial charge in [0, 0.05) is 18.5 Å². The third-order valence-electron chi connectivity index (χ3n) is 5.46. The summed E-state index contributed by atoms with van der Waals surface area (Å²) in [5, 5.41) is 20.7. The first-order chi connectivity index (χ1) is 13.9. The van der Waals surface area contributed by atoms with Crippen LogP contribution >= 0.6 is 0 Å². The molecule has 0 radical (unpaired) electrons. The van der Waals surface area contributed by atoms with Crippen LogP contribution in [0.3, 0.4) is 0 Å². The molecule has 0 aliphatic carbocycles. The van der Waals surface area contributed by atoms with Crippen LogP contribution in [0.2, 0.25) is 0 Å². The van der Waals surface area contributed by atoms with Crippen LogP contribution in [0.1, 0.15) is 22.3 Å². The van der Waals surface area contributed by atoms with E-state index in [-0.39, 0.29) is 37.0 Å². The number of likely N-dealkylation sites (tertiary alicyclic amines) is 1. The van der Waals surface area contributed by atoms with E-state index >= 15 is 0 Å². The van der Waals surface area contributed by atoms with Crippen molar-refractivity contribution in [1.82, 2.24) is 4.90 Å². The van der Waals surface area contributed by atoms with Gasteiger partial charge in [0.25, 0.3) is 11.8 Å². The van der Waals surface area contributed by atoms with Crippen molar-refractivity contribution in [2.75, 3.05) is 26.3 Å². The van der Waals surface area contributed by atoms with Gasteiger partial charge in [-0.15, -0.1) is 0 Å². The molecule has 154 valence electrons. The van der Waals surface area contributed by atoms with E-state index in [2.05, 4.69) is 0 Å². The number of carbonyl (C=O) groups is 2. The molecule has 0 unspecified atom stereocenters. The molecule has 7 heteroatoms. The number of aliphatic hydroxyl groups is 2. The maximum absolute atomic E-state index is 12.7. The Balaban J connectivity index is 1.69. The van der Waals surface area contributed by atoms with Crippen LogP contribution in [0.4, 0.5) is 0 Å². The van der Waals surface area contributed by atoms with E-state index in [1.165, 1.54) is 6.07 Å². The Morgan fingerprint density at radius 3 is 2.52 bits per heavy atom. The lowest BCUT2D eigenvalue weighted by molar-refractivity contribution is -0.144. The second-order valence-electron chi connectivity index (χ2n) is 7.45. The summed E-state index contributed by atoms with van der Waals surface area (Å²) in [5.41, 5.74) is 5.70. The molecule has 2 aromatic rings. The van der Waals surface area contributed by atoms with Crippen LogP contribution in [0.5, 0.6) is 5.75 Å². The molecule has 1 aliphatic heterocycles. The summed E-state index contributed by atoms with van der Waals surface area (Å²) in [7, 11) is 0. The number of nitrogens with two attached hydrogens (primary N) is 1. The molecular formula is C22H26N2O5. The van der Waals surface area contributed by atoms with Crippen LogP contribution in [-0.4, -0.2) is 59.3 Å². The van der Waals surface area contributed by atoms with Crippen molar-refractivity contribution in [3.63, 3.8) is 0 Å². The highest BCUT2D eigenvalue weighted by molar-refractivity contribution is 5.95. The quantitative estimate of drug-likeness (QED) is 0.643. The number of primary amides is 1.